The van der Waals surface area contributed by atoms with Gasteiger partial charge in [-0.05, 0) is 55.7 Å². The highest BCUT2D eigenvalue weighted by Gasteiger charge is 2.36. The lowest BCUT2D eigenvalue weighted by Gasteiger charge is -2.19. The van der Waals surface area contributed by atoms with E-state index in [0.717, 1.165) is 22.4 Å². The summed E-state index contributed by atoms with van der Waals surface area (Å²) in [5.41, 5.74) is 4.51. The molecule has 1 atom stereocenters. The van der Waals surface area contributed by atoms with Gasteiger partial charge >= 0.3 is 5.97 Å². The maximum absolute atomic E-state index is 12.4. The number of hydrogen-bond donors (Lipinski definition) is 1. The number of anilines is 2. The van der Waals surface area contributed by atoms with Gasteiger partial charge in [-0.1, -0.05) is 24.3 Å². The van der Waals surface area contributed by atoms with Gasteiger partial charge in [0.1, 0.15) is 0 Å². The summed E-state index contributed by atoms with van der Waals surface area (Å²) in [6.07, 6.45) is 0.0890. The Labute approximate surface area is 164 Å². The molecule has 0 bridgehead atoms. The van der Waals surface area contributed by atoms with E-state index < -0.39 is 17.8 Å². The molecule has 0 aromatic heterocycles. The maximum atomic E-state index is 12.4. The number of amides is 2. The molecule has 2 aromatic carbocycles. The number of nitrogens with zero attached hydrogens (tertiary/aromatic N) is 1. The van der Waals surface area contributed by atoms with Crippen LogP contribution in [0.4, 0.5) is 11.4 Å². The van der Waals surface area contributed by atoms with Crippen molar-refractivity contribution in [2.24, 2.45) is 5.92 Å². The van der Waals surface area contributed by atoms with Crippen LogP contribution in [0.2, 0.25) is 0 Å². The number of rotatable bonds is 5. The summed E-state index contributed by atoms with van der Waals surface area (Å²) in [6.45, 7) is 5.71. The zero-order chi connectivity index (χ0) is 20.3. The molecule has 1 aliphatic heterocycles. The molecule has 0 spiro atoms. The van der Waals surface area contributed by atoms with Gasteiger partial charge in [0.2, 0.25) is 5.91 Å². The SMILES string of the molecule is Cc1cccc(NC(=O)COC(=O)[C@H]2CC(=O)N(c3cc(C)ccc3C)C2)c1. The van der Waals surface area contributed by atoms with Crippen molar-refractivity contribution in [2.75, 3.05) is 23.4 Å². The molecule has 1 aliphatic rings. The van der Waals surface area contributed by atoms with Crippen LogP contribution in [0.3, 0.4) is 0 Å². The van der Waals surface area contributed by atoms with Crippen LogP contribution in [-0.2, 0) is 19.1 Å². The second-order valence-corrected chi connectivity index (χ2v) is 7.22. The number of carbonyl (C=O) groups excluding carboxylic acids is 3. The number of carbonyl (C=O) groups is 3. The number of nitrogens with one attached hydrogen (secondary N) is 1. The Bertz CT molecular complexity index is 923. The van der Waals surface area contributed by atoms with Gasteiger partial charge in [0, 0.05) is 24.3 Å². The van der Waals surface area contributed by atoms with E-state index in [4.69, 9.17) is 4.74 Å². The average Bonchev–Trinajstić information content (AvgIpc) is 3.03. The fourth-order valence-electron chi connectivity index (χ4n) is 3.28. The number of ether oxygens (including phenoxy) is 1. The predicted molar refractivity (Wildman–Crippen MR) is 107 cm³/mol. The molecule has 1 saturated heterocycles. The first-order chi connectivity index (χ1) is 13.3. The third-order valence-electron chi connectivity index (χ3n) is 4.76. The zero-order valence-corrected chi connectivity index (χ0v) is 16.3. The van der Waals surface area contributed by atoms with E-state index in [1.165, 1.54) is 0 Å². The first kappa shape index (κ1) is 19.6. The van der Waals surface area contributed by atoms with Crippen LogP contribution in [0.25, 0.3) is 0 Å². The van der Waals surface area contributed by atoms with E-state index in [0.29, 0.717) is 5.69 Å². The Morgan fingerprint density at radius 3 is 2.61 bits per heavy atom. The summed E-state index contributed by atoms with van der Waals surface area (Å²) in [4.78, 5) is 38.4. The van der Waals surface area contributed by atoms with E-state index in [-0.39, 0.29) is 25.5 Å². The van der Waals surface area contributed by atoms with Crippen molar-refractivity contribution in [3.8, 4) is 0 Å². The Balaban J connectivity index is 1.56. The summed E-state index contributed by atoms with van der Waals surface area (Å²) >= 11 is 0. The number of esters is 1. The minimum atomic E-state index is -0.570. The van der Waals surface area contributed by atoms with Crippen molar-refractivity contribution in [3.63, 3.8) is 0 Å². The van der Waals surface area contributed by atoms with E-state index in [1.807, 2.05) is 57.2 Å². The Morgan fingerprint density at radius 2 is 1.86 bits per heavy atom. The van der Waals surface area contributed by atoms with Crippen molar-refractivity contribution >= 4 is 29.2 Å². The largest absolute Gasteiger partial charge is 0.455 e. The van der Waals surface area contributed by atoms with Gasteiger partial charge in [-0.3, -0.25) is 14.4 Å². The van der Waals surface area contributed by atoms with E-state index >= 15 is 0 Å². The second kappa shape index (κ2) is 8.25. The van der Waals surface area contributed by atoms with Crippen LogP contribution in [-0.4, -0.2) is 30.9 Å². The molecule has 2 amide bonds. The highest BCUT2D eigenvalue weighted by Crippen LogP contribution is 2.29. The smallest absolute Gasteiger partial charge is 0.311 e. The molecule has 1 fully saturated rings. The maximum Gasteiger partial charge on any atom is 0.311 e. The van der Waals surface area contributed by atoms with Gasteiger partial charge in [-0.15, -0.1) is 0 Å². The Morgan fingerprint density at radius 1 is 1.11 bits per heavy atom. The molecule has 0 aliphatic carbocycles. The third-order valence-corrected chi connectivity index (χ3v) is 4.76. The fourth-order valence-corrected chi connectivity index (χ4v) is 3.28. The van der Waals surface area contributed by atoms with Crippen molar-refractivity contribution in [1.82, 2.24) is 0 Å². The summed E-state index contributed by atoms with van der Waals surface area (Å²) in [7, 11) is 0. The topological polar surface area (TPSA) is 75.7 Å². The van der Waals surface area contributed by atoms with Gasteiger partial charge in [0.05, 0.1) is 5.92 Å². The summed E-state index contributed by atoms with van der Waals surface area (Å²) in [5.74, 6) is -1.62. The van der Waals surface area contributed by atoms with Crippen LogP contribution in [0.15, 0.2) is 42.5 Å². The lowest BCUT2D eigenvalue weighted by molar-refractivity contribution is -0.151. The number of benzene rings is 2. The van der Waals surface area contributed by atoms with Crippen molar-refractivity contribution in [1.29, 1.82) is 0 Å². The second-order valence-electron chi connectivity index (χ2n) is 7.22. The van der Waals surface area contributed by atoms with Gasteiger partial charge in [0.15, 0.2) is 6.61 Å². The molecule has 28 heavy (non-hydrogen) atoms. The molecule has 1 N–H and O–H groups in total. The Hall–Kier alpha value is -3.15. The molecule has 6 heteroatoms. The summed E-state index contributed by atoms with van der Waals surface area (Å²) < 4.78 is 5.15. The van der Waals surface area contributed by atoms with Crippen LogP contribution in [0, 0.1) is 26.7 Å². The molecule has 0 unspecified atom stereocenters. The van der Waals surface area contributed by atoms with E-state index in [1.54, 1.807) is 11.0 Å². The quantitative estimate of drug-likeness (QED) is 0.809. The highest BCUT2D eigenvalue weighted by molar-refractivity contribution is 6.00. The van der Waals surface area contributed by atoms with Gasteiger partial charge < -0.3 is 15.0 Å². The molecule has 2 aromatic rings. The first-order valence-electron chi connectivity index (χ1n) is 9.24. The molecule has 3 rings (SSSR count). The Kier molecular flexibility index (Phi) is 5.78. The van der Waals surface area contributed by atoms with Crippen LogP contribution in [0.1, 0.15) is 23.1 Å². The van der Waals surface area contributed by atoms with Gasteiger partial charge in [-0.25, -0.2) is 0 Å². The third kappa shape index (κ3) is 4.57. The standard InChI is InChI=1S/C22H24N2O4/c1-14-5-4-6-18(9-14)23-20(25)13-28-22(27)17-11-21(26)24(12-17)19-10-15(2)7-8-16(19)3/h4-10,17H,11-13H2,1-3H3,(H,23,25)/t17-/m0/s1. The van der Waals surface area contributed by atoms with Gasteiger partial charge in [-0.2, -0.15) is 0 Å². The zero-order valence-electron chi connectivity index (χ0n) is 16.3. The monoisotopic (exact) mass is 380 g/mol. The molecular weight excluding hydrogens is 356 g/mol. The predicted octanol–water partition coefficient (Wildman–Crippen LogP) is 3.15. The first-order valence-corrected chi connectivity index (χ1v) is 9.24. The van der Waals surface area contributed by atoms with E-state index in [9.17, 15) is 14.4 Å². The number of aryl methyl sites for hydroxylation is 3. The lowest BCUT2D eigenvalue weighted by Crippen LogP contribution is -2.28. The van der Waals surface area contributed by atoms with Crippen LogP contribution < -0.4 is 10.2 Å². The molecule has 0 saturated carbocycles. The summed E-state index contributed by atoms with van der Waals surface area (Å²) in [6, 6.07) is 13.2. The molecule has 0 radical (unpaired) electrons. The molecule has 146 valence electrons. The normalized spacial score (nSPS) is 16.2. The van der Waals surface area contributed by atoms with Crippen molar-refractivity contribution in [2.45, 2.75) is 27.2 Å². The minimum Gasteiger partial charge on any atom is -0.455 e. The fraction of sp³-hybridized carbons (Fsp3) is 0.318. The lowest BCUT2D eigenvalue weighted by atomic mass is 10.1. The summed E-state index contributed by atoms with van der Waals surface area (Å²) in [5, 5.41) is 2.69. The highest BCUT2D eigenvalue weighted by atomic mass is 16.5. The van der Waals surface area contributed by atoms with Crippen molar-refractivity contribution < 1.29 is 19.1 Å². The number of hydrogen-bond acceptors (Lipinski definition) is 4. The van der Waals surface area contributed by atoms with Crippen LogP contribution >= 0.6 is 0 Å². The minimum absolute atomic E-state index is 0.0890. The van der Waals surface area contributed by atoms with E-state index in [2.05, 4.69) is 5.32 Å². The van der Waals surface area contributed by atoms with Crippen molar-refractivity contribution in [3.05, 3.63) is 59.2 Å². The van der Waals surface area contributed by atoms with Gasteiger partial charge in [0.25, 0.3) is 5.91 Å². The molecular formula is C22H24N2O4. The average molecular weight is 380 g/mol. The molecule has 1 heterocycles. The molecule has 6 nitrogen and oxygen atoms in total. The van der Waals surface area contributed by atoms with Crippen LogP contribution in [0.5, 0.6) is 0 Å².